The van der Waals surface area contributed by atoms with Gasteiger partial charge in [0.05, 0.1) is 0 Å². The standard InChI is InChI=1S/C6H14N2O/c1-4-8(5(2)3)6(7)9/h5H,4H2,1-3H3,(H2,7,9). The maximum atomic E-state index is 10.5. The van der Waals surface area contributed by atoms with Gasteiger partial charge in [-0.25, -0.2) is 4.79 Å². The minimum absolute atomic E-state index is 0.215. The predicted molar refractivity (Wildman–Crippen MR) is 37.1 cm³/mol. The van der Waals surface area contributed by atoms with Crippen LogP contribution in [0.1, 0.15) is 20.8 Å². The molecule has 9 heavy (non-hydrogen) atoms. The Kier molecular flexibility index (Phi) is 3.06. The van der Waals surface area contributed by atoms with Crippen LogP contribution in [-0.4, -0.2) is 23.5 Å². The summed E-state index contributed by atoms with van der Waals surface area (Å²) < 4.78 is 0. The third-order valence-corrected chi connectivity index (χ3v) is 1.25. The second-order valence-electron chi connectivity index (χ2n) is 2.22. The van der Waals surface area contributed by atoms with E-state index in [1.54, 1.807) is 4.90 Å². The predicted octanol–water partition coefficient (Wildman–Crippen LogP) is 0.795. The molecule has 0 aliphatic carbocycles. The monoisotopic (exact) mass is 130 g/mol. The van der Waals surface area contributed by atoms with Gasteiger partial charge in [0.15, 0.2) is 0 Å². The first-order valence-electron chi connectivity index (χ1n) is 3.15. The second kappa shape index (κ2) is 3.33. The summed E-state index contributed by atoms with van der Waals surface area (Å²) >= 11 is 0. The molecule has 0 aromatic rings. The molecule has 0 fully saturated rings. The van der Waals surface area contributed by atoms with Crippen molar-refractivity contribution in [2.45, 2.75) is 26.8 Å². The van der Waals surface area contributed by atoms with Crippen molar-refractivity contribution in [3.63, 3.8) is 0 Å². The van der Waals surface area contributed by atoms with Gasteiger partial charge in [0.1, 0.15) is 0 Å². The van der Waals surface area contributed by atoms with Crippen LogP contribution in [-0.2, 0) is 0 Å². The largest absolute Gasteiger partial charge is 0.351 e. The Bertz CT molecular complexity index is 101. The molecule has 0 aromatic carbocycles. The van der Waals surface area contributed by atoms with Gasteiger partial charge in [-0.15, -0.1) is 0 Å². The van der Waals surface area contributed by atoms with E-state index in [-0.39, 0.29) is 12.1 Å². The topological polar surface area (TPSA) is 46.3 Å². The van der Waals surface area contributed by atoms with Crippen LogP contribution in [0.25, 0.3) is 0 Å². The van der Waals surface area contributed by atoms with Gasteiger partial charge in [-0.1, -0.05) is 0 Å². The fourth-order valence-corrected chi connectivity index (χ4v) is 0.775. The Labute approximate surface area is 55.8 Å². The Hall–Kier alpha value is -0.730. The number of rotatable bonds is 2. The van der Waals surface area contributed by atoms with Crippen molar-refractivity contribution < 1.29 is 4.79 Å². The lowest BCUT2D eigenvalue weighted by atomic mass is 10.3. The summed E-state index contributed by atoms with van der Waals surface area (Å²) in [6, 6.07) is -0.125. The molecule has 0 rings (SSSR count). The van der Waals surface area contributed by atoms with Crippen LogP contribution < -0.4 is 5.73 Å². The Balaban J connectivity index is 3.83. The van der Waals surface area contributed by atoms with Gasteiger partial charge in [0.2, 0.25) is 0 Å². The number of hydrogen-bond acceptors (Lipinski definition) is 1. The molecule has 2 N–H and O–H groups in total. The zero-order chi connectivity index (χ0) is 7.44. The van der Waals surface area contributed by atoms with E-state index in [1.165, 1.54) is 0 Å². The Morgan fingerprint density at radius 1 is 1.67 bits per heavy atom. The maximum Gasteiger partial charge on any atom is 0.315 e. The molecule has 0 aromatic heterocycles. The lowest BCUT2D eigenvalue weighted by molar-refractivity contribution is 0.196. The van der Waals surface area contributed by atoms with Crippen molar-refractivity contribution in [2.24, 2.45) is 5.73 Å². The van der Waals surface area contributed by atoms with Gasteiger partial charge < -0.3 is 10.6 Å². The van der Waals surface area contributed by atoms with E-state index in [2.05, 4.69) is 0 Å². The molecule has 0 spiro atoms. The van der Waals surface area contributed by atoms with E-state index < -0.39 is 0 Å². The first-order chi connectivity index (χ1) is 4.09. The summed E-state index contributed by atoms with van der Waals surface area (Å²) in [5, 5.41) is 0. The highest BCUT2D eigenvalue weighted by atomic mass is 16.2. The highest BCUT2D eigenvalue weighted by Gasteiger charge is 2.09. The number of urea groups is 1. The first-order valence-corrected chi connectivity index (χ1v) is 3.15. The van der Waals surface area contributed by atoms with Crippen molar-refractivity contribution in [1.29, 1.82) is 0 Å². The molecule has 54 valence electrons. The summed E-state index contributed by atoms with van der Waals surface area (Å²) in [7, 11) is 0. The minimum Gasteiger partial charge on any atom is -0.351 e. The molecule has 3 nitrogen and oxygen atoms in total. The lowest BCUT2D eigenvalue weighted by Gasteiger charge is -2.22. The molecule has 0 saturated carbocycles. The summed E-state index contributed by atoms with van der Waals surface area (Å²) in [5.41, 5.74) is 5.04. The molecule has 0 unspecified atom stereocenters. The number of nitrogens with zero attached hydrogens (tertiary/aromatic N) is 1. The smallest absolute Gasteiger partial charge is 0.315 e. The summed E-state index contributed by atoms with van der Waals surface area (Å²) in [6.07, 6.45) is 0. The first kappa shape index (κ1) is 8.27. The van der Waals surface area contributed by atoms with Gasteiger partial charge in [-0.3, -0.25) is 0 Å². The molecule has 0 aliphatic rings. The summed E-state index contributed by atoms with van der Waals surface area (Å²) in [6.45, 7) is 6.47. The molecule has 2 amide bonds. The number of carbonyl (C=O) groups excluding carboxylic acids is 1. The highest BCUT2D eigenvalue weighted by Crippen LogP contribution is 1.94. The zero-order valence-corrected chi connectivity index (χ0v) is 6.22. The van der Waals surface area contributed by atoms with Crippen LogP contribution in [0.4, 0.5) is 4.79 Å². The molecule has 0 atom stereocenters. The van der Waals surface area contributed by atoms with Gasteiger partial charge in [-0.05, 0) is 20.8 Å². The number of carbonyl (C=O) groups is 1. The van der Waals surface area contributed by atoms with Crippen molar-refractivity contribution in [1.82, 2.24) is 4.90 Å². The number of amides is 2. The maximum absolute atomic E-state index is 10.5. The lowest BCUT2D eigenvalue weighted by Crippen LogP contribution is -2.40. The van der Waals surface area contributed by atoms with Crippen LogP contribution in [0.2, 0.25) is 0 Å². The van der Waals surface area contributed by atoms with E-state index in [4.69, 9.17) is 5.73 Å². The van der Waals surface area contributed by atoms with Crippen LogP contribution in [0.5, 0.6) is 0 Å². The zero-order valence-electron chi connectivity index (χ0n) is 6.22. The Morgan fingerprint density at radius 2 is 2.11 bits per heavy atom. The van der Waals surface area contributed by atoms with Gasteiger partial charge >= 0.3 is 6.03 Å². The molecule has 0 bridgehead atoms. The molecule has 0 saturated heterocycles. The van der Waals surface area contributed by atoms with Crippen LogP contribution in [0.15, 0.2) is 0 Å². The Morgan fingerprint density at radius 3 is 2.11 bits per heavy atom. The van der Waals surface area contributed by atoms with E-state index >= 15 is 0 Å². The summed E-state index contributed by atoms with van der Waals surface area (Å²) in [4.78, 5) is 12.1. The van der Waals surface area contributed by atoms with Crippen LogP contribution >= 0.6 is 0 Å². The minimum atomic E-state index is -0.340. The van der Waals surface area contributed by atoms with Crippen molar-refractivity contribution in [3.8, 4) is 0 Å². The summed E-state index contributed by atoms with van der Waals surface area (Å²) in [5.74, 6) is 0. The number of hydrogen-bond donors (Lipinski definition) is 1. The average Bonchev–Trinajstić information content (AvgIpc) is 1.64. The van der Waals surface area contributed by atoms with Gasteiger partial charge in [-0.2, -0.15) is 0 Å². The number of nitrogens with two attached hydrogens (primary N) is 1. The fraction of sp³-hybridized carbons (Fsp3) is 0.833. The molecule has 3 heteroatoms. The molecule has 0 heterocycles. The highest BCUT2D eigenvalue weighted by molar-refractivity contribution is 5.72. The van der Waals surface area contributed by atoms with Crippen LogP contribution in [0, 0.1) is 0 Å². The molecule has 0 aliphatic heterocycles. The van der Waals surface area contributed by atoms with Crippen molar-refractivity contribution in [3.05, 3.63) is 0 Å². The van der Waals surface area contributed by atoms with Crippen molar-refractivity contribution >= 4 is 6.03 Å². The number of primary amides is 1. The van der Waals surface area contributed by atoms with Gasteiger partial charge in [0.25, 0.3) is 0 Å². The van der Waals surface area contributed by atoms with E-state index in [0.717, 1.165) is 0 Å². The normalized spacial score (nSPS) is 9.78. The quantitative estimate of drug-likeness (QED) is 0.590. The van der Waals surface area contributed by atoms with E-state index in [1.807, 2.05) is 20.8 Å². The van der Waals surface area contributed by atoms with E-state index in [0.29, 0.717) is 6.54 Å². The van der Waals surface area contributed by atoms with Crippen molar-refractivity contribution in [2.75, 3.05) is 6.54 Å². The molecule has 0 radical (unpaired) electrons. The molecular weight excluding hydrogens is 116 g/mol. The third kappa shape index (κ3) is 2.35. The average molecular weight is 130 g/mol. The fourth-order valence-electron chi connectivity index (χ4n) is 0.775. The second-order valence-corrected chi connectivity index (χ2v) is 2.22. The SMILES string of the molecule is CCN(C(N)=O)C(C)C. The van der Waals surface area contributed by atoms with E-state index in [9.17, 15) is 4.79 Å². The third-order valence-electron chi connectivity index (χ3n) is 1.25. The van der Waals surface area contributed by atoms with Crippen LogP contribution in [0.3, 0.4) is 0 Å². The van der Waals surface area contributed by atoms with Gasteiger partial charge in [0, 0.05) is 12.6 Å². The molecular formula is C6H14N2O.